The minimum Gasteiger partial charge on any atom is -0.488 e. The lowest BCUT2D eigenvalue weighted by molar-refractivity contribution is -0.143. The van der Waals surface area contributed by atoms with Gasteiger partial charge in [-0.25, -0.2) is 0 Å². The number of esters is 1. The van der Waals surface area contributed by atoms with Crippen LogP contribution in [0.15, 0.2) is 243 Å². The van der Waals surface area contributed by atoms with Crippen LogP contribution >= 0.6 is 0 Å². The summed E-state index contributed by atoms with van der Waals surface area (Å²) >= 11 is 0. The third-order valence-corrected chi connectivity index (χ3v) is 12.1. The monoisotopic (exact) mass is 940 g/mol. The van der Waals surface area contributed by atoms with Gasteiger partial charge in [-0.05, 0) is 195 Å². The molecule has 0 aliphatic carbocycles. The van der Waals surface area contributed by atoms with Crippen molar-refractivity contribution in [3.8, 4) is 11.5 Å². The highest BCUT2D eigenvalue weighted by Crippen LogP contribution is 2.39. The van der Waals surface area contributed by atoms with E-state index in [4.69, 9.17) is 9.47 Å². The van der Waals surface area contributed by atoms with Gasteiger partial charge in [0.25, 0.3) is 0 Å². The standard InChI is InChI=1S/C67H60N2O3/c1-66(2,3)65(70)71-61-43-39-59(40-44-61)68(55-23-15-9-16-24-55)57-35-27-49(28-36-57)47-63(51-19-11-7-12-20-51)53-31-33-54(34-32-53)64(52-21-13-8-14-22-52)48-50-29-37-58(38-30-50)69(56-25-17-10-18-26-56)60-41-45-62(46-42-60)72-67(4,5)6/h7-48H,1-6H3/b63-47+,64-48?. The van der Waals surface area contributed by atoms with E-state index in [-0.39, 0.29) is 11.6 Å². The molecule has 0 saturated carbocycles. The highest BCUT2D eigenvalue weighted by atomic mass is 16.5. The molecule has 9 aromatic carbocycles. The van der Waals surface area contributed by atoms with Crippen molar-refractivity contribution in [2.24, 2.45) is 5.41 Å². The number of ether oxygens (including phenoxy) is 2. The first-order chi connectivity index (χ1) is 34.8. The molecule has 0 aromatic heterocycles. The van der Waals surface area contributed by atoms with Gasteiger partial charge in [-0.2, -0.15) is 0 Å². The molecule has 72 heavy (non-hydrogen) atoms. The molecule has 0 unspecified atom stereocenters. The number of hydrogen-bond donors (Lipinski definition) is 0. The molecular formula is C67H60N2O3. The zero-order chi connectivity index (χ0) is 50.1. The van der Waals surface area contributed by atoms with Gasteiger partial charge in [-0.15, -0.1) is 0 Å². The van der Waals surface area contributed by atoms with Gasteiger partial charge in [-0.1, -0.05) is 146 Å². The van der Waals surface area contributed by atoms with E-state index in [1.54, 1.807) is 0 Å². The molecule has 0 aliphatic rings. The van der Waals surface area contributed by atoms with E-state index in [9.17, 15) is 4.79 Å². The molecule has 0 atom stereocenters. The molecule has 0 bridgehead atoms. The lowest BCUT2D eigenvalue weighted by Gasteiger charge is -2.26. The predicted octanol–water partition coefficient (Wildman–Crippen LogP) is 17.9. The van der Waals surface area contributed by atoms with Gasteiger partial charge < -0.3 is 19.3 Å². The van der Waals surface area contributed by atoms with Gasteiger partial charge in [0, 0.05) is 34.1 Å². The smallest absolute Gasteiger partial charge is 0.316 e. The number of carbonyl (C=O) groups is 1. The molecule has 0 saturated heterocycles. The van der Waals surface area contributed by atoms with Crippen molar-refractivity contribution in [1.82, 2.24) is 0 Å². The number of hydrogen-bond acceptors (Lipinski definition) is 5. The van der Waals surface area contributed by atoms with Crippen molar-refractivity contribution >= 4 is 63.4 Å². The number of para-hydroxylation sites is 2. The first kappa shape index (κ1) is 48.4. The molecule has 9 aromatic rings. The van der Waals surface area contributed by atoms with Gasteiger partial charge in [0.2, 0.25) is 0 Å². The Morgan fingerprint density at radius 3 is 0.972 bits per heavy atom. The average molecular weight is 941 g/mol. The lowest BCUT2D eigenvalue weighted by Crippen LogP contribution is -2.25. The van der Waals surface area contributed by atoms with Gasteiger partial charge >= 0.3 is 5.97 Å². The van der Waals surface area contributed by atoms with Gasteiger partial charge in [-0.3, -0.25) is 4.79 Å². The van der Waals surface area contributed by atoms with E-state index < -0.39 is 5.41 Å². The largest absolute Gasteiger partial charge is 0.488 e. The Morgan fingerprint density at radius 1 is 0.347 bits per heavy atom. The van der Waals surface area contributed by atoms with Crippen LogP contribution in [-0.2, 0) is 4.79 Å². The van der Waals surface area contributed by atoms with Crippen LogP contribution in [0, 0.1) is 5.41 Å². The quantitative estimate of drug-likeness (QED) is 0.0617. The summed E-state index contributed by atoms with van der Waals surface area (Å²) in [4.78, 5) is 17.1. The number of rotatable bonds is 14. The summed E-state index contributed by atoms with van der Waals surface area (Å²) in [7, 11) is 0. The fourth-order valence-electron chi connectivity index (χ4n) is 8.49. The Kier molecular flexibility index (Phi) is 14.5. The molecule has 0 N–H and O–H groups in total. The molecule has 0 fully saturated rings. The van der Waals surface area contributed by atoms with Crippen LogP contribution in [-0.4, -0.2) is 11.6 Å². The van der Waals surface area contributed by atoms with Crippen molar-refractivity contribution in [2.75, 3.05) is 9.80 Å². The van der Waals surface area contributed by atoms with Gasteiger partial charge in [0.15, 0.2) is 0 Å². The molecule has 5 heteroatoms. The first-order valence-electron chi connectivity index (χ1n) is 24.5. The molecule has 9 rings (SSSR count). The zero-order valence-electron chi connectivity index (χ0n) is 41.9. The minimum absolute atomic E-state index is 0.269. The lowest BCUT2D eigenvalue weighted by atomic mass is 9.91. The third kappa shape index (κ3) is 12.0. The summed E-state index contributed by atoms with van der Waals surface area (Å²) < 4.78 is 11.8. The van der Waals surface area contributed by atoms with Crippen LogP contribution in [0.5, 0.6) is 11.5 Å². The Balaban J connectivity index is 1.01. The Labute approximate surface area is 425 Å². The van der Waals surface area contributed by atoms with Crippen molar-refractivity contribution in [2.45, 2.75) is 47.1 Å². The second kappa shape index (κ2) is 21.5. The summed E-state index contributed by atoms with van der Waals surface area (Å²) in [6, 6.07) is 84.3. The highest BCUT2D eigenvalue weighted by molar-refractivity contribution is 5.95. The van der Waals surface area contributed by atoms with Crippen molar-refractivity contribution in [3.05, 3.63) is 276 Å². The second-order valence-corrected chi connectivity index (χ2v) is 19.8. The number of benzene rings is 9. The Hall–Kier alpha value is -8.67. The van der Waals surface area contributed by atoms with Gasteiger partial charge in [0.05, 0.1) is 5.41 Å². The van der Waals surface area contributed by atoms with E-state index >= 15 is 0 Å². The first-order valence-corrected chi connectivity index (χ1v) is 24.5. The fraction of sp³-hybridized carbons (Fsp3) is 0.119. The molecule has 5 nitrogen and oxygen atoms in total. The average Bonchev–Trinajstić information content (AvgIpc) is 3.40. The number of anilines is 6. The normalized spacial score (nSPS) is 12.0. The maximum absolute atomic E-state index is 12.6. The summed E-state index contributed by atoms with van der Waals surface area (Å²) in [5.74, 6) is 1.09. The van der Waals surface area contributed by atoms with Crippen LogP contribution in [0.2, 0.25) is 0 Å². The third-order valence-electron chi connectivity index (χ3n) is 12.1. The maximum atomic E-state index is 12.6. The summed E-state index contributed by atoms with van der Waals surface area (Å²) in [6.45, 7) is 11.8. The summed E-state index contributed by atoms with van der Waals surface area (Å²) in [5, 5.41) is 0. The van der Waals surface area contributed by atoms with E-state index in [1.165, 1.54) is 0 Å². The van der Waals surface area contributed by atoms with E-state index in [0.29, 0.717) is 5.75 Å². The predicted molar refractivity (Wildman–Crippen MR) is 301 cm³/mol. The SMILES string of the molecule is CC(C)(C)Oc1ccc(N(c2ccccc2)c2ccc(C=C(c3ccccc3)c3ccc(/C(=C/c4ccc(N(c5ccccc5)c5ccc(OC(=O)C(C)(C)C)cc5)cc4)c4ccccc4)cc3)cc2)cc1. The number of carbonyl (C=O) groups excluding carboxylic acids is 1. The molecule has 0 heterocycles. The summed E-state index contributed by atoms with van der Waals surface area (Å²) in [5.41, 5.74) is 14.2. The topological polar surface area (TPSA) is 42.0 Å². The van der Waals surface area contributed by atoms with Crippen LogP contribution in [0.25, 0.3) is 23.3 Å². The highest BCUT2D eigenvalue weighted by Gasteiger charge is 2.24. The summed E-state index contributed by atoms with van der Waals surface area (Å²) in [6.07, 6.45) is 4.55. The molecule has 0 spiro atoms. The molecule has 0 amide bonds. The van der Waals surface area contributed by atoms with E-state index in [0.717, 1.165) is 84.4 Å². The minimum atomic E-state index is -0.599. The Bertz CT molecular complexity index is 3240. The molecule has 0 aliphatic heterocycles. The zero-order valence-corrected chi connectivity index (χ0v) is 41.9. The maximum Gasteiger partial charge on any atom is 0.316 e. The number of nitrogens with zero attached hydrogens (tertiary/aromatic N) is 2. The van der Waals surface area contributed by atoms with Crippen molar-refractivity contribution in [1.29, 1.82) is 0 Å². The fourth-order valence-corrected chi connectivity index (χ4v) is 8.49. The van der Waals surface area contributed by atoms with Gasteiger partial charge in [0.1, 0.15) is 17.1 Å². The second-order valence-electron chi connectivity index (χ2n) is 19.8. The van der Waals surface area contributed by atoms with E-state index in [1.807, 2.05) is 81.4 Å². The molecular weight excluding hydrogens is 881 g/mol. The van der Waals surface area contributed by atoms with Crippen LogP contribution in [0.4, 0.5) is 34.1 Å². The van der Waals surface area contributed by atoms with Crippen molar-refractivity contribution < 1.29 is 14.3 Å². The van der Waals surface area contributed by atoms with E-state index in [2.05, 4.69) is 225 Å². The van der Waals surface area contributed by atoms with Crippen LogP contribution in [0.1, 0.15) is 74.9 Å². The molecule has 0 radical (unpaired) electrons. The van der Waals surface area contributed by atoms with Crippen LogP contribution in [0.3, 0.4) is 0 Å². The van der Waals surface area contributed by atoms with Crippen molar-refractivity contribution in [3.63, 3.8) is 0 Å². The van der Waals surface area contributed by atoms with Crippen LogP contribution < -0.4 is 19.3 Å². The molecule has 356 valence electrons. The Morgan fingerprint density at radius 2 is 0.639 bits per heavy atom.